The van der Waals surface area contributed by atoms with Crippen LogP contribution >= 0.6 is 7.75 Å². The first-order valence-electron chi connectivity index (χ1n) is 3.80. The summed E-state index contributed by atoms with van der Waals surface area (Å²) in [5, 5.41) is 0. The van der Waals surface area contributed by atoms with E-state index in [9.17, 15) is 4.57 Å². The third-order valence-corrected chi connectivity index (χ3v) is 2.04. The molecule has 0 unspecified atom stereocenters. The molecule has 0 saturated heterocycles. The van der Waals surface area contributed by atoms with Gasteiger partial charge in [0, 0.05) is 0 Å². The van der Waals surface area contributed by atoms with Gasteiger partial charge in [0.15, 0.2) is 0 Å². The summed E-state index contributed by atoms with van der Waals surface area (Å²) in [6, 6.07) is 0. The van der Waals surface area contributed by atoms with E-state index in [0.29, 0.717) is 13.2 Å². The Morgan fingerprint density at radius 3 is 1.40 bits per heavy atom. The maximum absolute atomic E-state index is 11.1. The van der Waals surface area contributed by atoms with Gasteiger partial charge >= 0.3 is 126 Å². The van der Waals surface area contributed by atoms with E-state index in [1.165, 1.54) is 0 Å². The first kappa shape index (κ1) is 31.5. The minimum absolute atomic E-state index is 0. The van der Waals surface area contributed by atoms with E-state index in [1.54, 1.807) is 0 Å². The zero-order valence-electron chi connectivity index (χ0n) is 7.08. The third kappa shape index (κ3) is 23.6. The van der Waals surface area contributed by atoms with Crippen LogP contribution in [0.25, 0.3) is 0 Å². The van der Waals surface area contributed by atoms with Crippen molar-refractivity contribution in [3.63, 3.8) is 0 Å². The van der Waals surface area contributed by atoms with Crippen molar-refractivity contribution >= 4 is 126 Å². The van der Waals surface area contributed by atoms with Crippen LogP contribution in [0.2, 0.25) is 0 Å². The zero-order valence-corrected chi connectivity index (χ0v) is 7.97. The van der Waals surface area contributed by atoms with E-state index in [2.05, 4.69) is 0 Å². The van der Waals surface area contributed by atoms with Crippen molar-refractivity contribution in [1.82, 2.24) is 0 Å². The molecule has 0 amide bonds. The van der Waals surface area contributed by atoms with E-state index in [1.807, 2.05) is 13.8 Å². The SMILES string of the molecule is CCCOP(N)(=O)OCCC.[NaH].[NaH].[NaH].[NaH]. The molecule has 2 N–H and O–H groups in total. The van der Waals surface area contributed by atoms with Gasteiger partial charge in [-0.1, -0.05) is 13.8 Å². The molecule has 15 heavy (non-hydrogen) atoms. The summed E-state index contributed by atoms with van der Waals surface area (Å²) in [6.07, 6.45) is 1.58. The van der Waals surface area contributed by atoms with Gasteiger partial charge in [-0.3, -0.25) is 9.05 Å². The Kier molecular flexibility index (Phi) is 42.9. The molecule has 9 heteroatoms. The normalized spacial score (nSPS) is 8.73. The van der Waals surface area contributed by atoms with Gasteiger partial charge in [0.1, 0.15) is 0 Å². The monoisotopic (exact) mass is 277 g/mol. The molecule has 4 nitrogen and oxygen atoms in total. The van der Waals surface area contributed by atoms with Gasteiger partial charge in [0.2, 0.25) is 0 Å². The molecule has 0 saturated carbocycles. The van der Waals surface area contributed by atoms with Crippen molar-refractivity contribution in [2.75, 3.05) is 13.2 Å². The molecule has 0 aromatic rings. The molecule has 0 spiro atoms. The molecule has 0 bridgehead atoms. The Labute approximate surface area is 181 Å². The molecule has 0 radical (unpaired) electrons. The van der Waals surface area contributed by atoms with Gasteiger partial charge in [-0.05, 0) is 12.8 Å². The summed E-state index contributed by atoms with van der Waals surface area (Å²) >= 11 is 0. The van der Waals surface area contributed by atoms with Crippen molar-refractivity contribution in [1.29, 1.82) is 0 Å². The predicted octanol–water partition coefficient (Wildman–Crippen LogP) is -0.688. The summed E-state index contributed by atoms with van der Waals surface area (Å²) in [5.74, 6) is 0. The summed E-state index contributed by atoms with van der Waals surface area (Å²) in [7, 11) is -3.23. The fourth-order valence-electron chi connectivity index (χ4n) is 0.474. The number of hydrogen-bond donors (Lipinski definition) is 1. The Morgan fingerprint density at radius 1 is 0.933 bits per heavy atom. The Balaban J connectivity index is -0.0000000833. The molecule has 0 aliphatic heterocycles. The molecule has 76 valence electrons. The van der Waals surface area contributed by atoms with Gasteiger partial charge in [-0.15, -0.1) is 0 Å². The minimum atomic E-state index is -3.23. The Morgan fingerprint density at radius 2 is 1.20 bits per heavy atom. The molecule has 0 heterocycles. The average Bonchev–Trinajstić information content (AvgIpc) is 1.97. The van der Waals surface area contributed by atoms with Crippen LogP contribution < -0.4 is 5.50 Å². The van der Waals surface area contributed by atoms with Crippen LogP contribution in [0.5, 0.6) is 0 Å². The summed E-state index contributed by atoms with van der Waals surface area (Å²) in [4.78, 5) is 0. The zero-order chi connectivity index (χ0) is 8.74. The van der Waals surface area contributed by atoms with Crippen molar-refractivity contribution in [2.45, 2.75) is 26.7 Å². The number of nitrogens with two attached hydrogens (primary N) is 1. The van der Waals surface area contributed by atoms with Crippen molar-refractivity contribution < 1.29 is 13.6 Å². The topological polar surface area (TPSA) is 61.5 Å². The third-order valence-electron chi connectivity index (χ3n) is 0.951. The van der Waals surface area contributed by atoms with E-state index in [4.69, 9.17) is 14.6 Å². The molecular weight excluding hydrogens is 257 g/mol. The Hall–Kier alpha value is 4.11. The molecule has 0 fully saturated rings. The van der Waals surface area contributed by atoms with Gasteiger partial charge in [0.05, 0.1) is 13.2 Å². The van der Waals surface area contributed by atoms with E-state index in [0.717, 1.165) is 12.8 Å². The van der Waals surface area contributed by atoms with Gasteiger partial charge in [-0.25, -0.2) is 10.1 Å². The van der Waals surface area contributed by atoms with Crippen LogP contribution in [0.15, 0.2) is 0 Å². The summed E-state index contributed by atoms with van der Waals surface area (Å²) < 4.78 is 20.6. The summed E-state index contributed by atoms with van der Waals surface area (Å²) in [6.45, 7) is 4.61. The van der Waals surface area contributed by atoms with Crippen LogP contribution in [0.4, 0.5) is 0 Å². The van der Waals surface area contributed by atoms with Crippen molar-refractivity contribution in [2.24, 2.45) is 5.50 Å². The van der Waals surface area contributed by atoms with Gasteiger partial charge in [-0.2, -0.15) is 0 Å². The van der Waals surface area contributed by atoms with Crippen LogP contribution in [0.3, 0.4) is 0 Å². The number of hydrogen-bond acceptors (Lipinski definition) is 3. The van der Waals surface area contributed by atoms with Crippen LogP contribution in [-0.2, 0) is 13.6 Å². The quantitative estimate of drug-likeness (QED) is 0.516. The maximum atomic E-state index is 11.1. The van der Waals surface area contributed by atoms with Gasteiger partial charge in [0.25, 0.3) is 0 Å². The van der Waals surface area contributed by atoms with Crippen molar-refractivity contribution in [3.8, 4) is 0 Å². The first-order valence-corrected chi connectivity index (χ1v) is 5.41. The van der Waals surface area contributed by atoms with Gasteiger partial charge < -0.3 is 0 Å². The molecule has 0 aliphatic rings. The van der Waals surface area contributed by atoms with Crippen LogP contribution in [0.1, 0.15) is 26.7 Å². The van der Waals surface area contributed by atoms with Crippen molar-refractivity contribution in [3.05, 3.63) is 0 Å². The fourth-order valence-corrected chi connectivity index (χ4v) is 1.42. The summed E-state index contributed by atoms with van der Waals surface area (Å²) in [5.41, 5.74) is 5.20. The second kappa shape index (κ2) is 20.4. The van der Waals surface area contributed by atoms with Crippen LogP contribution in [-0.4, -0.2) is 131 Å². The molecule has 0 aliphatic carbocycles. The van der Waals surface area contributed by atoms with E-state index in [-0.39, 0.29) is 118 Å². The fraction of sp³-hybridized carbons (Fsp3) is 1.00. The Bertz CT molecular complexity index is 140. The molecule has 0 aromatic heterocycles. The predicted molar refractivity (Wildman–Crippen MR) is 72.9 cm³/mol. The van der Waals surface area contributed by atoms with E-state index >= 15 is 0 Å². The van der Waals surface area contributed by atoms with Crippen LogP contribution in [0, 0.1) is 0 Å². The second-order valence-corrected chi connectivity index (χ2v) is 3.80. The standard InChI is InChI=1S/C6H16NO3P.4Na.4H/c1-3-5-9-11(7,8)10-6-4-2;;;;;;;;/h3-6H2,1-2H3,(H2,7,8);;;;;;;;. The molecule has 0 rings (SSSR count). The molecule has 0 aromatic carbocycles. The average molecular weight is 277 g/mol. The number of rotatable bonds is 6. The molecule has 0 atom stereocenters. The second-order valence-electron chi connectivity index (χ2n) is 2.21. The molecular formula is C6H20NNa4O3P. The van der Waals surface area contributed by atoms with E-state index < -0.39 is 7.75 Å². The first-order chi connectivity index (χ1) is 5.12.